The van der Waals surface area contributed by atoms with Gasteiger partial charge in [0.2, 0.25) is 11.8 Å². The van der Waals surface area contributed by atoms with E-state index in [1.807, 2.05) is 4.90 Å². The third-order valence-electron chi connectivity index (χ3n) is 4.72. The fourth-order valence-corrected chi connectivity index (χ4v) is 3.26. The fourth-order valence-electron chi connectivity index (χ4n) is 3.26. The lowest BCUT2D eigenvalue weighted by molar-refractivity contribution is -0.127. The Morgan fingerprint density at radius 2 is 2.05 bits per heavy atom. The molecule has 1 atom stereocenters. The van der Waals surface area contributed by atoms with Crippen LogP contribution in [0.25, 0.3) is 0 Å². The zero-order valence-electron chi connectivity index (χ0n) is 13.6. The average molecular weight is 300 g/mol. The van der Waals surface area contributed by atoms with Gasteiger partial charge in [-0.2, -0.15) is 0 Å². The van der Waals surface area contributed by atoms with Gasteiger partial charge in [0.15, 0.2) is 0 Å². The molecule has 2 amide bonds. The SMILES string of the molecule is CC(C)(C)c1ccc2c(c1)CCN2C(=O)C1CCC(=O)NC1. The molecule has 4 nitrogen and oxygen atoms in total. The van der Waals surface area contributed by atoms with Crippen LogP contribution in [-0.2, 0) is 21.4 Å². The number of anilines is 1. The Balaban J connectivity index is 1.79. The molecule has 1 fully saturated rings. The van der Waals surface area contributed by atoms with Gasteiger partial charge in [-0.25, -0.2) is 0 Å². The van der Waals surface area contributed by atoms with Crippen LogP contribution in [-0.4, -0.2) is 24.9 Å². The molecule has 1 N–H and O–H groups in total. The lowest BCUT2D eigenvalue weighted by atomic mass is 9.86. The summed E-state index contributed by atoms with van der Waals surface area (Å²) in [6.07, 6.45) is 2.04. The summed E-state index contributed by atoms with van der Waals surface area (Å²) in [4.78, 5) is 25.9. The zero-order valence-corrected chi connectivity index (χ0v) is 13.6. The topological polar surface area (TPSA) is 49.4 Å². The molecule has 22 heavy (non-hydrogen) atoms. The standard InChI is InChI=1S/C18H24N2O2/c1-18(2,3)14-5-6-15-12(10-14)8-9-20(15)17(22)13-4-7-16(21)19-11-13/h5-6,10,13H,4,7-9,11H2,1-3H3,(H,19,21). The van der Waals surface area contributed by atoms with E-state index in [1.54, 1.807) is 0 Å². The first-order valence-corrected chi connectivity index (χ1v) is 8.08. The van der Waals surface area contributed by atoms with E-state index in [0.29, 0.717) is 19.4 Å². The maximum absolute atomic E-state index is 12.7. The minimum atomic E-state index is -0.0778. The molecule has 2 aliphatic rings. The molecule has 1 aromatic rings. The number of amides is 2. The molecule has 2 aliphatic heterocycles. The zero-order chi connectivity index (χ0) is 15.9. The summed E-state index contributed by atoms with van der Waals surface area (Å²) in [7, 11) is 0. The van der Waals surface area contributed by atoms with Gasteiger partial charge in [0.25, 0.3) is 0 Å². The van der Waals surface area contributed by atoms with Gasteiger partial charge in [0.1, 0.15) is 0 Å². The van der Waals surface area contributed by atoms with Crippen molar-refractivity contribution in [3.8, 4) is 0 Å². The highest BCUT2D eigenvalue weighted by Crippen LogP contribution is 2.34. The first-order chi connectivity index (χ1) is 10.4. The summed E-state index contributed by atoms with van der Waals surface area (Å²) in [6, 6.07) is 6.46. The van der Waals surface area contributed by atoms with Crippen molar-refractivity contribution in [1.29, 1.82) is 0 Å². The molecule has 0 aromatic heterocycles. The van der Waals surface area contributed by atoms with Crippen molar-refractivity contribution >= 4 is 17.5 Å². The molecule has 1 unspecified atom stereocenters. The highest BCUT2D eigenvalue weighted by atomic mass is 16.2. The fraction of sp³-hybridized carbons (Fsp3) is 0.556. The normalized spacial score (nSPS) is 21.5. The Labute approximate surface area is 131 Å². The third kappa shape index (κ3) is 2.74. The van der Waals surface area contributed by atoms with Crippen molar-refractivity contribution in [3.05, 3.63) is 29.3 Å². The van der Waals surface area contributed by atoms with Crippen LogP contribution >= 0.6 is 0 Å². The second kappa shape index (κ2) is 5.41. The second-order valence-electron chi connectivity index (χ2n) is 7.37. The van der Waals surface area contributed by atoms with E-state index in [4.69, 9.17) is 0 Å². The minimum Gasteiger partial charge on any atom is -0.355 e. The monoisotopic (exact) mass is 300 g/mol. The number of nitrogens with zero attached hydrogens (tertiary/aromatic N) is 1. The number of hydrogen-bond acceptors (Lipinski definition) is 2. The van der Waals surface area contributed by atoms with Gasteiger partial charge in [0.05, 0.1) is 5.92 Å². The molecular weight excluding hydrogens is 276 g/mol. The van der Waals surface area contributed by atoms with Gasteiger partial charge in [-0.3, -0.25) is 9.59 Å². The summed E-state index contributed by atoms with van der Waals surface area (Å²) in [5.74, 6) is 0.133. The van der Waals surface area contributed by atoms with E-state index in [0.717, 1.165) is 18.7 Å². The lowest BCUT2D eigenvalue weighted by Gasteiger charge is -2.27. The van der Waals surface area contributed by atoms with Gasteiger partial charge < -0.3 is 10.2 Å². The van der Waals surface area contributed by atoms with E-state index in [9.17, 15) is 9.59 Å². The van der Waals surface area contributed by atoms with E-state index in [1.165, 1.54) is 11.1 Å². The number of carbonyl (C=O) groups is 2. The Kier molecular flexibility index (Phi) is 3.71. The minimum absolute atomic E-state index is 0.0562. The van der Waals surface area contributed by atoms with Gasteiger partial charge in [0, 0.05) is 25.2 Å². The van der Waals surface area contributed by atoms with Crippen molar-refractivity contribution in [3.63, 3.8) is 0 Å². The number of carbonyl (C=O) groups excluding carboxylic acids is 2. The van der Waals surface area contributed by atoms with E-state index >= 15 is 0 Å². The molecule has 0 spiro atoms. The molecular formula is C18H24N2O2. The molecule has 0 aliphatic carbocycles. The number of piperidine rings is 1. The van der Waals surface area contributed by atoms with Gasteiger partial charge >= 0.3 is 0 Å². The van der Waals surface area contributed by atoms with Crippen molar-refractivity contribution in [2.45, 2.75) is 45.4 Å². The molecule has 0 radical (unpaired) electrons. The molecule has 1 aromatic carbocycles. The van der Waals surface area contributed by atoms with E-state index in [-0.39, 0.29) is 23.1 Å². The molecule has 4 heteroatoms. The molecule has 1 saturated heterocycles. The predicted molar refractivity (Wildman–Crippen MR) is 86.9 cm³/mol. The highest BCUT2D eigenvalue weighted by Gasteiger charge is 2.32. The molecule has 118 valence electrons. The predicted octanol–water partition coefficient (Wildman–Crippen LogP) is 2.40. The maximum Gasteiger partial charge on any atom is 0.231 e. The van der Waals surface area contributed by atoms with E-state index < -0.39 is 0 Å². The van der Waals surface area contributed by atoms with E-state index in [2.05, 4.69) is 44.3 Å². The largest absolute Gasteiger partial charge is 0.355 e. The number of fused-ring (bicyclic) bond motifs is 1. The molecule has 3 rings (SSSR count). The van der Waals surface area contributed by atoms with Crippen molar-refractivity contribution in [1.82, 2.24) is 5.32 Å². The van der Waals surface area contributed by atoms with Crippen molar-refractivity contribution in [2.24, 2.45) is 5.92 Å². The number of nitrogens with one attached hydrogen (secondary N) is 1. The second-order valence-corrected chi connectivity index (χ2v) is 7.37. The Bertz CT molecular complexity index is 606. The van der Waals surface area contributed by atoms with Gasteiger partial charge in [-0.1, -0.05) is 32.9 Å². The smallest absolute Gasteiger partial charge is 0.231 e. The first-order valence-electron chi connectivity index (χ1n) is 8.08. The molecule has 2 heterocycles. The van der Waals surface area contributed by atoms with Crippen molar-refractivity contribution in [2.75, 3.05) is 18.0 Å². The molecule has 0 saturated carbocycles. The highest BCUT2D eigenvalue weighted by molar-refractivity contribution is 5.98. The quantitative estimate of drug-likeness (QED) is 0.866. The molecule has 0 bridgehead atoms. The Morgan fingerprint density at radius 3 is 2.68 bits per heavy atom. The van der Waals surface area contributed by atoms with Gasteiger partial charge in [-0.15, -0.1) is 0 Å². The van der Waals surface area contributed by atoms with Crippen LogP contribution in [0.4, 0.5) is 5.69 Å². The number of benzene rings is 1. The van der Waals surface area contributed by atoms with Crippen LogP contribution in [0.3, 0.4) is 0 Å². The number of hydrogen-bond donors (Lipinski definition) is 1. The maximum atomic E-state index is 12.7. The van der Waals surface area contributed by atoms with Crippen LogP contribution in [0.2, 0.25) is 0 Å². The summed E-state index contributed by atoms with van der Waals surface area (Å²) < 4.78 is 0. The first kappa shape index (κ1) is 15.1. The Hall–Kier alpha value is -1.84. The summed E-state index contributed by atoms with van der Waals surface area (Å²) in [5.41, 5.74) is 3.75. The number of rotatable bonds is 1. The van der Waals surface area contributed by atoms with Crippen LogP contribution in [0, 0.1) is 5.92 Å². The lowest BCUT2D eigenvalue weighted by Crippen LogP contribution is -2.44. The van der Waals surface area contributed by atoms with Crippen LogP contribution in [0.1, 0.15) is 44.7 Å². The van der Waals surface area contributed by atoms with Crippen LogP contribution in [0.5, 0.6) is 0 Å². The van der Waals surface area contributed by atoms with Crippen LogP contribution < -0.4 is 10.2 Å². The Morgan fingerprint density at radius 1 is 1.27 bits per heavy atom. The van der Waals surface area contributed by atoms with Gasteiger partial charge in [-0.05, 0) is 35.4 Å². The van der Waals surface area contributed by atoms with Crippen molar-refractivity contribution < 1.29 is 9.59 Å². The summed E-state index contributed by atoms with van der Waals surface area (Å²) in [5, 5.41) is 2.80. The average Bonchev–Trinajstić information content (AvgIpc) is 2.89. The summed E-state index contributed by atoms with van der Waals surface area (Å²) >= 11 is 0. The third-order valence-corrected chi connectivity index (χ3v) is 4.72. The summed E-state index contributed by atoms with van der Waals surface area (Å²) in [6.45, 7) is 7.85. The van der Waals surface area contributed by atoms with Crippen LogP contribution in [0.15, 0.2) is 18.2 Å².